The van der Waals surface area contributed by atoms with Gasteiger partial charge in [0.15, 0.2) is 0 Å². The van der Waals surface area contributed by atoms with E-state index in [2.05, 4.69) is 5.32 Å². The molecule has 0 saturated carbocycles. The number of esters is 1. The fourth-order valence-electron chi connectivity index (χ4n) is 1.92. The van der Waals surface area contributed by atoms with Crippen molar-refractivity contribution in [2.75, 3.05) is 46.0 Å². The van der Waals surface area contributed by atoms with E-state index in [9.17, 15) is 14.7 Å². The van der Waals surface area contributed by atoms with E-state index in [-0.39, 0.29) is 18.9 Å². The molecule has 0 bridgehead atoms. The molecule has 1 rings (SSSR count). The molecule has 0 aromatic carbocycles. The van der Waals surface area contributed by atoms with Gasteiger partial charge in [0.05, 0.1) is 32.3 Å². The molecule has 2 N–H and O–H groups in total. The van der Waals surface area contributed by atoms with Gasteiger partial charge in [-0.25, -0.2) is 0 Å². The number of morpholine rings is 1. The van der Waals surface area contributed by atoms with Crippen LogP contribution in [-0.4, -0.2) is 74.0 Å². The van der Waals surface area contributed by atoms with E-state index >= 15 is 0 Å². The Bertz CT molecular complexity index is 305. The lowest BCUT2D eigenvalue weighted by atomic mass is 10.2. The van der Waals surface area contributed by atoms with Gasteiger partial charge < -0.3 is 24.8 Å². The number of rotatable bonds is 8. The molecule has 1 fully saturated rings. The van der Waals surface area contributed by atoms with Crippen LogP contribution in [0.2, 0.25) is 0 Å². The highest BCUT2D eigenvalue weighted by Crippen LogP contribution is 1.99. The van der Waals surface area contributed by atoms with Crippen molar-refractivity contribution in [3.63, 3.8) is 0 Å². The van der Waals surface area contributed by atoms with Crippen molar-refractivity contribution in [2.24, 2.45) is 0 Å². The molecule has 0 aromatic heterocycles. The standard InChI is InChI=1S/C13H24N2O5/c1-2-20-13(18)9-11(16)10-14-4-3-12(17)15-5-7-19-8-6-15/h11,14,16H,2-10H2,1H3. The number of nitrogens with one attached hydrogen (secondary N) is 1. The third-order valence-electron chi connectivity index (χ3n) is 2.97. The molecule has 20 heavy (non-hydrogen) atoms. The predicted molar refractivity (Wildman–Crippen MR) is 72.1 cm³/mol. The topological polar surface area (TPSA) is 88.1 Å². The number of aliphatic hydroxyl groups is 1. The second-order valence-electron chi connectivity index (χ2n) is 4.61. The zero-order chi connectivity index (χ0) is 14.8. The van der Waals surface area contributed by atoms with Crippen LogP contribution in [0.4, 0.5) is 0 Å². The van der Waals surface area contributed by atoms with E-state index in [1.807, 2.05) is 0 Å². The second-order valence-corrected chi connectivity index (χ2v) is 4.61. The highest BCUT2D eigenvalue weighted by Gasteiger charge is 2.16. The number of hydrogen-bond donors (Lipinski definition) is 2. The van der Waals surface area contributed by atoms with Gasteiger partial charge in [0.1, 0.15) is 0 Å². The van der Waals surface area contributed by atoms with Crippen molar-refractivity contribution in [2.45, 2.75) is 25.9 Å². The molecule has 1 amide bonds. The molecule has 1 heterocycles. The number of aliphatic hydroxyl groups excluding tert-OH is 1. The molecule has 1 aliphatic rings. The molecule has 0 spiro atoms. The van der Waals surface area contributed by atoms with Gasteiger partial charge >= 0.3 is 5.97 Å². The summed E-state index contributed by atoms with van der Waals surface area (Å²) >= 11 is 0. The molecule has 116 valence electrons. The van der Waals surface area contributed by atoms with Crippen LogP contribution in [0.15, 0.2) is 0 Å². The van der Waals surface area contributed by atoms with Crippen LogP contribution in [0.5, 0.6) is 0 Å². The normalized spacial score (nSPS) is 16.8. The van der Waals surface area contributed by atoms with Gasteiger partial charge in [-0.3, -0.25) is 9.59 Å². The highest BCUT2D eigenvalue weighted by atomic mass is 16.5. The smallest absolute Gasteiger partial charge is 0.308 e. The summed E-state index contributed by atoms with van der Waals surface area (Å²) in [4.78, 5) is 24.7. The summed E-state index contributed by atoms with van der Waals surface area (Å²) in [6.45, 7) is 5.27. The number of amides is 1. The molecule has 0 aromatic rings. The van der Waals surface area contributed by atoms with E-state index in [0.29, 0.717) is 45.9 Å². The second kappa shape index (κ2) is 9.68. The van der Waals surface area contributed by atoms with Gasteiger partial charge in [0, 0.05) is 32.6 Å². The van der Waals surface area contributed by atoms with Gasteiger partial charge in [0.25, 0.3) is 0 Å². The maximum Gasteiger partial charge on any atom is 0.308 e. The Morgan fingerprint density at radius 3 is 2.75 bits per heavy atom. The molecule has 7 heteroatoms. The Morgan fingerprint density at radius 2 is 2.10 bits per heavy atom. The summed E-state index contributed by atoms with van der Waals surface area (Å²) in [5.41, 5.74) is 0. The molecule has 1 unspecified atom stereocenters. The van der Waals surface area contributed by atoms with E-state index in [1.54, 1.807) is 11.8 Å². The van der Waals surface area contributed by atoms with Crippen molar-refractivity contribution in [3.05, 3.63) is 0 Å². The van der Waals surface area contributed by atoms with E-state index in [4.69, 9.17) is 9.47 Å². The maximum atomic E-state index is 11.8. The lowest BCUT2D eigenvalue weighted by molar-refractivity contribution is -0.145. The van der Waals surface area contributed by atoms with Crippen molar-refractivity contribution in [1.82, 2.24) is 10.2 Å². The fraction of sp³-hybridized carbons (Fsp3) is 0.846. The summed E-state index contributed by atoms with van der Waals surface area (Å²) in [6.07, 6.45) is -0.433. The van der Waals surface area contributed by atoms with Crippen LogP contribution < -0.4 is 5.32 Å². The first-order valence-corrected chi connectivity index (χ1v) is 7.03. The molecule has 1 aliphatic heterocycles. The quantitative estimate of drug-likeness (QED) is 0.446. The molecule has 1 saturated heterocycles. The number of hydrogen-bond acceptors (Lipinski definition) is 6. The number of ether oxygens (including phenoxy) is 2. The molecule has 0 aliphatic carbocycles. The summed E-state index contributed by atoms with van der Waals surface area (Å²) < 4.78 is 9.91. The zero-order valence-corrected chi connectivity index (χ0v) is 12.0. The zero-order valence-electron chi connectivity index (χ0n) is 12.0. The average molecular weight is 288 g/mol. The fourth-order valence-corrected chi connectivity index (χ4v) is 1.92. The Balaban J connectivity index is 2.05. The summed E-state index contributed by atoms with van der Waals surface area (Å²) in [5, 5.41) is 12.6. The molecule has 1 atom stereocenters. The molecular formula is C13H24N2O5. The minimum absolute atomic E-state index is 0.0295. The third-order valence-corrected chi connectivity index (χ3v) is 2.97. The van der Waals surface area contributed by atoms with Crippen LogP contribution in [0, 0.1) is 0 Å². The van der Waals surface area contributed by atoms with Crippen molar-refractivity contribution >= 4 is 11.9 Å². The first-order valence-electron chi connectivity index (χ1n) is 7.03. The molecule has 0 radical (unpaired) electrons. The van der Waals surface area contributed by atoms with Crippen LogP contribution in [0.25, 0.3) is 0 Å². The van der Waals surface area contributed by atoms with Gasteiger partial charge in [0.2, 0.25) is 5.91 Å². The number of carbonyl (C=O) groups is 2. The summed E-state index contributed by atoms with van der Waals surface area (Å²) in [7, 11) is 0. The van der Waals surface area contributed by atoms with Crippen LogP contribution in [0.3, 0.4) is 0 Å². The first kappa shape index (κ1) is 16.9. The minimum atomic E-state index is -0.785. The summed E-state index contributed by atoms with van der Waals surface area (Å²) in [5.74, 6) is -0.327. The largest absolute Gasteiger partial charge is 0.466 e. The van der Waals surface area contributed by atoms with Gasteiger partial charge in [-0.05, 0) is 6.92 Å². The maximum absolute atomic E-state index is 11.8. The lowest BCUT2D eigenvalue weighted by Crippen LogP contribution is -2.42. The van der Waals surface area contributed by atoms with Gasteiger partial charge in [-0.1, -0.05) is 0 Å². The highest BCUT2D eigenvalue weighted by molar-refractivity contribution is 5.76. The number of nitrogens with zero attached hydrogens (tertiary/aromatic N) is 1. The number of carbonyl (C=O) groups excluding carboxylic acids is 2. The van der Waals surface area contributed by atoms with Crippen molar-refractivity contribution in [3.8, 4) is 0 Å². The predicted octanol–water partition coefficient (Wildman–Crippen LogP) is -0.861. The monoisotopic (exact) mass is 288 g/mol. The lowest BCUT2D eigenvalue weighted by Gasteiger charge is -2.26. The first-order chi connectivity index (χ1) is 9.63. The average Bonchev–Trinajstić information content (AvgIpc) is 2.44. The summed E-state index contributed by atoms with van der Waals surface area (Å²) in [6, 6.07) is 0. The van der Waals surface area contributed by atoms with E-state index in [1.165, 1.54) is 0 Å². The van der Waals surface area contributed by atoms with Gasteiger partial charge in [-0.15, -0.1) is 0 Å². The van der Waals surface area contributed by atoms with E-state index < -0.39 is 12.1 Å². The Labute approximate surface area is 119 Å². The Morgan fingerprint density at radius 1 is 1.40 bits per heavy atom. The Hall–Kier alpha value is -1.18. The minimum Gasteiger partial charge on any atom is -0.466 e. The van der Waals surface area contributed by atoms with Crippen molar-refractivity contribution in [1.29, 1.82) is 0 Å². The van der Waals surface area contributed by atoms with Crippen LogP contribution >= 0.6 is 0 Å². The van der Waals surface area contributed by atoms with Crippen molar-refractivity contribution < 1.29 is 24.2 Å². The third kappa shape index (κ3) is 6.83. The molecular weight excluding hydrogens is 264 g/mol. The SMILES string of the molecule is CCOC(=O)CC(O)CNCCC(=O)N1CCOCC1. The van der Waals surface area contributed by atoms with Gasteiger partial charge in [-0.2, -0.15) is 0 Å². The molecule has 7 nitrogen and oxygen atoms in total. The van der Waals surface area contributed by atoms with Crippen LogP contribution in [-0.2, 0) is 19.1 Å². The Kier molecular flexibility index (Phi) is 8.17. The van der Waals surface area contributed by atoms with Crippen LogP contribution in [0.1, 0.15) is 19.8 Å². The van der Waals surface area contributed by atoms with E-state index in [0.717, 1.165) is 0 Å².